The standard InChI is InChI=1S/C31H36ClN3O4S/c1-24(31(37)33-27-13-7-3-8-14-27)34(22-21-25-11-5-2-6-12-25)30(36)23-35(28-19-17-26(32)18-20-28)40(38,39)29-15-9-4-10-16-29/h2,4-6,9-12,15-20,24,27H,3,7-8,13-14,21-23H2,1H3,(H,33,37)/t24-/m0/s1. The van der Waals surface area contributed by atoms with Crippen molar-refractivity contribution in [3.05, 3.63) is 95.5 Å². The van der Waals surface area contributed by atoms with Gasteiger partial charge < -0.3 is 10.2 Å². The lowest BCUT2D eigenvalue weighted by Crippen LogP contribution is -2.53. The number of anilines is 1. The van der Waals surface area contributed by atoms with Gasteiger partial charge in [0, 0.05) is 17.6 Å². The number of halogens is 1. The van der Waals surface area contributed by atoms with E-state index in [0.29, 0.717) is 17.1 Å². The van der Waals surface area contributed by atoms with Gasteiger partial charge in [-0.2, -0.15) is 0 Å². The Morgan fingerprint density at radius 3 is 2.12 bits per heavy atom. The number of hydrogen-bond acceptors (Lipinski definition) is 4. The molecule has 0 saturated heterocycles. The zero-order valence-corrected chi connectivity index (χ0v) is 24.3. The Hall–Kier alpha value is -3.36. The summed E-state index contributed by atoms with van der Waals surface area (Å²) in [7, 11) is -4.09. The molecule has 7 nitrogen and oxygen atoms in total. The first-order chi connectivity index (χ1) is 19.3. The van der Waals surface area contributed by atoms with Gasteiger partial charge in [0.1, 0.15) is 12.6 Å². The number of nitrogens with zero attached hydrogens (tertiary/aromatic N) is 2. The highest BCUT2D eigenvalue weighted by Crippen LogP contribution is 2.26. The normalized spacial score (nSPS) is 14.8. The highest BCUT2D eigenvalue weighted by Gasteiger charge is 2.33. The van der Waals surface area contributed by atoms with Crippen LogP contribution in [-0.2, 0) is 26.0 Å². The minimum absolute atomic E-state index is 0.0664. The van der Waals surface area contributed by atoms with E-state index in [1.165, 1.54) is 23.5 Å². The lowest BCUT2D eigenvalue weighted by molar-refractivity contribution is -0.139. The minimum atomic E-state index is -4.09. The van der Waals surface area contributed by atoms with Crippen LogP contribution >= 0.6 is 11.6 Å². The molecule has 3 aromatic carbocycles. The molecule has 1 saturated carbocycles. The van der Waals surface area contributed by atoms with Gasteiger partial charge in [-0.25, -0.2) is 8.42 Å². The third-order valence-electron chi connectivity index (χ3n) is 7.33. The molecule has 0 radical (unpaired) electrons. The van der Waals surface area contributed by atoms with Crippen LogP contribution in [0.1, 0.15) is 44.6 Å². The second-order valence-electron chi connectivity index (χ2n) is 10.1. The molecule has 1 aliphatic rings. The van der Waals surface area contributed by atoms with Crippen molar-refractivity contribution in [2.75, 3.05) is 17.4 Å². The molecule has 0 spiro atoms. The smallest absolute Gasteiger partial charge is 0.264 e. The molecule has 1 atom stereocenters. The maximum atomic E-state index is 13.9. The van der Waals surface area contributed by atoms with Gasteiger partial charge in [0.25, 0.3) is 10.0 Å². The van der Waals surface area contributed by atoms with Crippen molar-refractivity contribution in [3.8, 4) is 0 Å². The summed E-state index contributed by atoms with van der Waals surface area (Å²) in [4.78, 5) is 28.8. The van der Waals surface area contributed by atoms with Crippen LogP contribution < -0.4 is 9.62 Å². The number of hydrogen-bond donors (Lipinski definition) is 1. The maximum Gasteiger partial charge on any atom is 0.264 e. The highest BCUT2D eigenvalue weighted by molar-refractivity contribution is 7.92. The molecule has 0 bridgehead atoms. The van der Waals surface area contributed by atoms with E-state index in [4.69, 9.17) is 11.6 Å². The number of sulfonamides is 1. The van der Waals surface area contributed by atoms with Crippen molar-refractivity contribution >= 4 is 39.1 Å². The number of amides is 2. The molecule has 40 heavy (non-hydrogen) atoms. The van der Waals surface area contributed by atoms with Gasteiger partial charge in [0.15, 0.2) is 0 Å². The van der Waals surface area contributed by atoms with E-state index in [2.05, 4.69) is 5.32 Å². The second kappa shape index (κ2) is 13.8. The van der Waals surface area contributed by atoms with Crippen LogP contribution in [0.2, 0.25) is 5.02 Å². The van der Waals surface area contributed by atoms with E-state index in [9.17, 15) is 18.0 Å². The Bertz CT molecular complexity index is 1360. The van der Waals surface area contributed by atoms with E-state index in [1.54, 1.807) is 49.4 Å². The number of carbonyl (C=O) groups excluding carboxylic acids is 2. The summed E-state index contributed by atoms with van der Waals surface area (Å²) in [6.45, 7) is 1.51. The third kappa shape index (κ3) is 7.64. The van der Waals surface area contributed by atoms with E-state index in [0.717, 1.165) is 35.6 Å². The van der Waals surface area contributed by atoms with Gasteiger partial charge >= 0.3 is 0 Å². The first kappa shape index (κ1) is 29.6. The Kier molecular flexibility index (Phi) is 10.2. The number of nitrogens with one attached hydrogen (secondary N) is 1. The van der Waals surface area contributed by atoms with E-state index in [-0.39, 0.29) is 23.4 Å². The van der Waals surface area contributed by atoms with Gasteiger partial charge in [0.2, 0.25) is 11.8 Å². The monoisotopic (exact) mass is 581 g/mol. The van der Waals surface area contributed by atoms with Crippen molar-refractivity contribution in [3.63, 3.8) is 0 Å². The molecule has 0 unspecified atom stereocenters. The quantitative estimate of drug-likeness (QED) is 0.326. The van der Waals surface area contributed by atoms with Crippen LogP contribution in [0.15, 0.2) is 89.8 Å². The molecule has 1 N–H and O–H groups in total. The number of rotatable bonds is 11. The number of benzene rings is 3. The molecule has 1 fully saturated rings. The van der Waals surface area contributed by atoms with Crippen molar-refractivity contribution in [1.29, 1.82) is 0 Å². The van der Waals surface area contributed by atoms with Crippen molar-refractivity contribution in [1.82, 2.24) is 10.2 Å². The summed E-state index contributed by atoms with van der Waals surface area (Å²) in [5, 5.41) is 3.57. The molecular weight excluding hydrogens is 546 g/mol. The first-order valence-corrected chi connectivity index (χ1v) is 15.5. The fourth-order valence-corrected chi connectivity index (χ4v) is 6.56. The van der Waals surface area contributed by atoms with Gasteiger partial charge in [-0.1, -0.05) is 79.4 Å². The van der Waals surface area contributed by atoms with Crippen LogP contribution in [0, 0.1) is 0 Å². The fraction of sp³-hybridized carbons (Fsp3) is 0.355. The lowest BCUT2D eigenvalue weighted by Gasteiger charge is -2.33. The zero-order chi connectivity index (χ0) is 28.5. The van der Waals surface area contributed by atoms with E-state index in [1.807, 2.05) is 30.3 Å². The summed E-state index contributed by atoms with van der Waals surface area (Å²) < 4.78 is 28.6. The van der Waals surface area contributed by atoms with Crippen molar-refractivity contribution in [2.24, 2.45) is 0 Å². The predicted octanol–water partition coefficient (Wildman–Crippen LogP) is 5.44. The summed E-state index contributed by atoms with van der Waals surface area (Å²) in [5.41, 5.74) is 1.33. The van der Waals surface area contributed by atoms with Crippen LogP contribution in [-0.4, -0.2) is 50.3 Å². The van der Waals surface area contributed by atoms with Crippen molar-refractivity contribution in [2.45, 2.75) is 62.4 Å². The van der Waals surface area contributed by atoms with E-state index < -0.39 is 28.5 Å². The Morgan fingerprint density at radius 2 is 1.50 bits per heavy atom. The van der Waals surface area contributed by atoms with Crippen LogP contribution in [0.3, 0.4) is 0 Å². The van der Waals surface area contributed by atoms with E-state index >= 15 is 0 Å². The Balaban J connectivity index is 1.62. The summed E-state index contributed by atoms with van der Waals surface area (Å²) in [5.74, 6) is -0.686. The van der Waals surface area contributed by atoms with Gasteiger partial charge in [-0.15, -0.1) is 0 Å². The molecule has 3 aromatic rings. The predicted molar refractivity (Wildman–Crippen MR) is 159 cm³/mol. The molecule has 0 heterocycles. The lowest BCUT2D eigenvalue weighted by atomic mass is 9.95. The average molecular weight is 582 g/mol. The number of carbonyl (C=O) groups is 2. The Labute approximate surface area is 242 Å². The molecule has 212 valence electrons. The van der Waals surface area contributed by atoms with Gasteiger partial charge in [-0.3, -0.25) is 13.9 Å². The maximum absolute atomic E-state index is 13.9. The SMILES string of the molecule is C[C@@H](C(=O)NC1CCCCC1)N(CCc1ccccc1)C(=O)CN(c1ccc(Cl)cc1)S(=O)(=O)c1ccccc1. The Morgan fingerprint density at radius 1 is 0.900 bits per heavy atom. The largest absolute Gasteiger partial charge is 0.352 e. The first-order valence-electron chi connectivity index (χ1n) is 13.7. The summed E-state index contributed by atoms with van der Waals surface area (Å²) in [6, 6.07) is 23.3. The molecule has 4 rings (SSSR count). The van der Waals surface area contributed by atoms with Gasteiger partial charge in [-0.05, 0) is 68.1 Å². The van der Waals surface area contributed by atoms with Crippen LogP contribution in [0.5, 0.6) is 0 Å². The second-order valence-corrected chi connectivity index (χ2v) is 12.4. The molecule has 9 heteroatoms. The van der Waals surface area contributed by atoms with Crippen LogP contribution in [0.25, 0.3) is 0 Å². The molecule has 0 aromatic heterocycles. The molecule has 2 amide bonds. The van der Waals surface area contributed by atoms with Crippen molar-refractivity contribution < 1.29 is 18.0 Å². The molecular formula is C31H36ClN3O4S. The summed E-state index contributed by atoms with van der Waals surface area (Å²) in [6.07, 6.45) is 5.69. The average Bonchev–Trinajstić information content (AvgIpc) is 2.98. The molecule has 0 aliphatic heterocycles. The molecule has 1 aliphatic carbocycles. The van der Waals surface area contributed by atoms with Crippen LogP contribution in [0.4, 0.5) is 5.69 Å². The third-order valence-corrected chi connectivity index (χ3v) is 9.37. The summed E-state index contributed by atoms with van der Waals surface area (Å²) >= 11 is 6.07. The zero-order valence-electron chi connectivity index (χ0n) is 22.7. The highest BCUT2D eigenvalue weighted by atomic mass is 35.5. The minimum Gasteiger partial charge on any atom is -0.352 e. The fourth-order valence-electron chi connectivity index (χ4n) is 4.99. The van der Waals surface area contributed by atoms with Gasteiger partial charge in [0.05, 0.1) is 10.6 Å². The topological polar surface area (TPSA) is 86.8 Å².